The van der Waals surface area contributed by atoms with Crippen LogP contribution in [0.5, 0.6) is 11.5 Å². The summed E-state index contributed by atoms with van der Waals surface area (Å²) in [5.74, 6) is -4.84. The molecule has 6 N–H and O–H groups in total. The third-order valence-corrected chi connectivity index (χ3v) is 6.09. The number of nitro groups is 1. The van der Waals surface area contributed by atoms with Crippen molar-refractivity contribution in [2.24, 2.45) is 0 Å². The molecule has 2 fully saturated rings. The minimum absolute atomic E-state index is 0.00634. The first-order valence-electron chi connectivity index (χ1n) is 11.7. The van der Waals surface area contributed by atoms with E-state index >= 15 is 0 Å². The molecule has 2 aromatic carbocycles. The molecule has 0 aromatic heterocycles. The predicted molar refractivity (Wildman–Crippen MR) is 134 cm³/mol. The van der Waals surface area contributed by atoms with Crippen molar-refractivity contribution < 1.29 is 54.0 Å². The van der Waals surface area contributed by atoms with Crippen LogP contribution in [0.1, 0.15) is 20.7 Å². The maximum absolute atomic E-state index is 12.3. The third kappa shape index (κ3) is 6.36. The molecule has 2 unspecified atom stereocenters. The monoisotopic (exact) mass is 562 g/mol. The molecule has 2 aliphatic rings. The highest BCUT2D eigenvalue weighted by Gasteiger charge is 2.36. The van der Waals surface area contributed by atoms with E-state index in [-0.39, 0.29) is 62.1 Å². The Morgan fingerprint density at radius 3 is 1.73 bits per heavy atom. The van der Waals surface area contributed by atoms with Crippen LogP contribution in [0.25, 0.3) is 0 Å². The summed E-state index contributed by atoms with van der Waals surface area (Å²) in [5, 5.41) is 48.5. The Bertz CT molecular complexity index is 1320. The van der Waals surface area contributed by atoms with Crippen molar-refractivity contribution in [3.63, 3.8) is 0 Å². The zero-order valence-corrected chi connectivity index (χ0v) is 20.8. The van der Waals surface area contributed by atoms with Crippen molar-refractivity contribution in [3.05, 3.63) is 57.6 Å². The van der Waals surface area contributed by atoms with Crippen LogP contribution in [0.4, 0.5) is 11.4 Å². The second kappa shape index (κ2) is 12.7. The lowest BCUT2D eigenvalue weighted by Crippen LogP contribution is -2.52. The van der Waals surface area contributed by atoms with Crippen LogP contribution in [0.3, 0.4) is 0 Å². The molecule has 2 atom stereocenters. The number of rotatable bonds is 5. The third-order valence-electron chi connectivity index (χ3n) is 6.09. The van der Waals surface area contributed by atoms with Crippen molar-refractivity contribution in [3.8, 4) is 11.5 Å². The maximum Gasteiger partial charge on any atom is 0.328 e. The van der Waals surface area contributed by atoms with Crippen molar-refractivity contribution >= 4 is 35.1 Å². The summed E-state index contributed by atoms with van der Waals surface area (Å²) in [6.45, 7) is 0.368. The zero-order valence-electron chi connectivity index (χ0n) is 20.8. The molecule has 0 saturated carbocycles. The molecule has 214 valence electrons. The number of morpholine rings is 2. The van der Waals surface area contributed by atoms with Gasteiger partial charge >= 0.3 is 17.6 Å². The fraction of sp³-hybridized carbons (Fsp3) is 0.333. The van der Waals surface area contributed by atoms with Gasteiger partial charge in [-0.25, -0.2) is 9.59 Å². The van der Waals surface area contributed by atoms with Crippen LogP contribution in [0.15, 0.2) is 36.4 Å². The Morgan fingerprint density at radius 2 is 1.27 bits per heavy atom. The summed E-state index contributed by atoms with van der Waals surface area (Å²) in [6.07, 6.45) is 0. The van der Waals surface area contributed by atoms with Gasteiger partial charge in [-0.15, -0.1) is 0 Å². The molecule has 4 rings (SSSR count). The number of carbonyl (C=O) groups excluding carboxylic acids is 2. The number of amides is 2. The smallest absolute Gasteiger partial charge is 0.328 e. The summed E-state index contributed by atoms with van der Waals surface area (Å²) in [5.41, 5.74) is 4.67. The van der Waals surface area contributed by atoms with Gasteiger partial charge in [-0.1, -0.05) is 12.1 Å². The fourth-order valence-electron chi connectivity index (χ4n) is 4.00. The Morgan fingerprint density at radius 1 is 0.825 bits per heavy atom. The number of anilines is 1. The molecule has 2 saturated heterocycles. The molecule has 0 radical (unpaired) electrons. The number of aliphatic carboxylic acids is 2. The van der Waals surface area contributed by atoms with Crippen LogP contribution >= 0.6 is 0 Å². The Balaban J connectivity index is 0.000000222. The van der Waals surface area contributed by atoms with E-state index in [1.807, 2.05) is 0 Å². The number of nitrogens with zero attached hydrogens (tertiary/aromatic N) is 3. The van der Waals surface area contributed by atoms with E-state index in [1.54, 1.807) is 0 Å². The van der Waals surface area contributed by atoms with Crippen molar-refractivity contribution in [1.29, 1.82) is 0 Å². The summed E-state index contributed by atoms with van der Waals surface area (Å²) in [7, 11) is 0. The van der Waals surface area contributed by atoms with Crippen LogP contribution in [-0.4, -0.2) is 111 Å². The first kappa shape index (κ1) is 29.6. The summed E-state index contributed by atoms with van der Waals surface area (Å²) >= 11 is 0. The summed E-state index contributed by atoms with van der Waals surface area (Å²) in [6, 6.07) is 5.66. The molecule has 16 heteroatoms. The Kier molecular flexibility index (Phi) is 9.41. The van der Waals surface area contributed by atoms with Gasteiger partial charge in [0.2, 0.25) is 5.75 Å². The van der Waals surface area contributed by atoms with Crippen LogP contribution in [0.2, 0.25) is 0 Å². The molecule has 40 heavy (non-hydrogen) atoms. The van der Waals surface area contributed by atoms with Crippen LogP contribution < -0.4 is 5.73 Å². The van der Waals surface area contributed by atoms with Gasteiger partial charge in [0.1, 0.15) is 0 Å². The lowest BCUT2D eigenvalue weighted by atomic mass is 10.1. The lowest BCUT2D eigenvalue weighted by Gasteiger charge is -2.33. The SMILES string of the molecule is Nc1cccc(C(=O)N2CCOCC2C(=O)O)c1O.O=C(O)C1COCCN1C(=O)c1cccc([N+](=O)[O-])c1O. The van der Waals surface area contributed by atoms with Crippen molar-refractivity contribution in [2.45, 2.75) is 12.1 Å². The predicted octanol–water partition coefficient (Wildman–Crippen LogP) is 0.126. The van der Waals surface area contributed by atoms with E-state index in [1.165, 1.54) is 35.2 Å². The van der Waals surface area contributed by atoms with Crippen molar-refractivity contribution in [2.75, 3.05) is 45.3 Å². The molecule has 0 bridgehead atoms. The number of phenolic OH excluding ortho intramolecular Hbond substituents is 2. The average Bonchev–Trinajstić information content (AvgIpc) is 2.94. The topological polar surface area (TPSA) is 243 Å². The van der Waals surface area contributed by atoms with Gasteiger partial charge in [0.25, 0.3) is 11.8 Å². The molecule has 0 aliphatic carbocycles. The molecule has 2 aromatic rings. The number of nitro benzene ring substituents is 1. The number of phenols is 2. The van der Waals surface area contributed by atoms with Gasteiger partial charge in [-0.3, -0.25) is 19.7 Å². The minimum Gasteiger partial charge on any atom is -0.505 e. The molecular weight excluding hydrogens is 536 g/mol. The molecule has 0 spiro atoms. The second-order valence-electron chi connectivity index (χ2n) is 8.53. The first-order chi connectivity index (χ1) is 19.0. The maximum atomic E-state index is 12.3. The number of nitrogens with two attached hydrogens (primary N) is 1. The Hall–Kier alpha value is -4.96. The average molecular weight is 562 g/mol. The molecular formula is C24H26N4O12. The van der Waals surface area contributed by atoms with Gasteiger partial charge in [0.05, 0.1) is 48.2 Å². The first-order valence-corrected chi connectivity index (χ1v) is 11.7. The molecule has 2 amide bonds. The number of carboxylic acid groups (broad SMARTS) is 2. The number of carboxylic acids is 2. The quantitative estimate of drug-likeness (QED) is 0.141. The van der Waals surface area contributed by atoms with Gasteiger partial charge < -0.3 is 45.4 Å². The summed E-state index contributed by atoms with van der Waals surface area (Å²) in [4.78, 5) is 58.9. The number of hydrogen-bond donors (Lipinski definition) is 5. The number of ether oxygens (including phenoxy) is 2. The van der Waals surface area contributed by atoms with E-state index in [9.17, 15) is 39.5 Å². The molecule has 16 nitrogen and oxygen atoms in total. The van der Waals surface area contributed by atoms with Gasteiger partial charge in [0, 0.05) is 19.2 Å². The molecule has 2 heterocycles. The van der Waals surface area contributed by atoms with Crippen LogP contribution in [0, 0.1) is 10.1 Å². The van der Waals surface area contributed by atoms with E-state index in [2.05, 4.69) is 0 Å². The number of nitrogen functional groups attached to an aromatic ring is 1. The van der Waals surface area contributed by atoms with Crippen molar-refractivity contribution in [1.82, 2.24) is 9.80 Å². The second-order valence-corrected chi connectivity index (χ2v) is 8.53. The highest BCUT2D eigenvalue weighted by Crippen LogP contribution is 2.31. The number of aromatic hydroxyl groups is 2. The van der Waals surface area contributed by atoms with E-state index in [0.29, 0.717) is 0 Å². The van der Waals surface area contributed by atoms with E-state index < -0.39 is 52.2 Å². The Labute approximate surface area is 225 Å². The lowest BCUT2D eigenvalue weighted by molar-refractivity contribution is -0.385. The highest BCUT2D eigenvalue weighted by molar-refractivity contribution is 6.01. The van der Waals surface area contributed by atoms with E-state index in [0.717, 1.165) is 11.0 Å². The van der Waals surface area contributed by atoms with Gasteiger partial charge in [-0.05, 0) is 18.2 Å². The highest BCUT2D eigenvalue weighted by atomic mass is 16.6. The minimum atomic E-state index is -1.24. The van der Waals surface area contributed by atoms with Crippen LogP contribution in [-0.2, 0) is 19.1 Å². The largest absolute Gasteiger partial charge is 0.505 e. The summed E-state index contributed by atoms with van der Waals surface area (Å²) < 4.78 is 10.1. The standard InChI is InChI=1S/C12H12N2O7.C12H14N2O5/c15-10-7(2-1-3-8(10)14(19)20)11(16)13-4-5-21-6-9(13)12(17)18;13-8-3-1-2-7(10(8)15)11(16)14-4-5-19-6-9(14)12(17)18/h1-3,9,15H,4-6H2,(H,17,18);1-3,9,15H,4-6,13H2,(H,17,18). The number of para-hydroxylation sites is 2. The number of benzene rings is 2. The number of hydrogen-bond acceptors (Lipinski definition) is 11. The van der Waals surface area contributed by atoms with Gasteiger partial charge in [-0.2, -0.15) is 0 Å². The zero-order chi connectivity index (χ0) is 29.6. The fourth-order valence-corrected chi connectivity index (χ4v) is 4.00. The van der Waals surface area contributed by atoms with E-state index in [4.69, 9.17) is 25.4 Å². The van der Waals surface area contributed by atoms with Gasteiger partial charge in [0.15, 0.2) is 17.8 Å². The normalized spacial score (nSPS) is 18.7. The molecule has 2 aliphatic heterocycles. The number of carbonyl (C=O) groups is 4.